The van der Waals surface area contributed by atoms with Gasteiger partial charge in [0.2, 0.25) is 0 Å². The zero-order valence-electron chi connectivity index (χ0n) is 6.79. The fourth-order valence-electron chi connectivity index (χ4n) is 0.807. The van der Waals surface area contributed by atoms with Crippen molar-refractivity contribution in [2.75, 3.05) is 11.5 Å². The fourth-order valence-corrected chi connectivity index (χ4v) is 1.30. The predicted molar refractivity (Wildman–Crippen MR) is 45.5 cm³/mol. The summed E-state index contributed by atoms with van der Waals surface area (Å²) in [6, 6.07) is 0. The van der Waals surface area contributed by atoms with E-state index in [1.165, 1.54) is 11.0 Å². The van der Waals surface area contributed by atoms with Gasteiger partial charge in [-0.25, -0.2) is 0 Å². The van der Waals surface area contributed by atoms with Crippen LogP contribution in [0.5, 0.6) is 0 Å². The van der Waals surface area contributed by atoms with Crippen molar-refractivity contribution in [1.29, 1.82) is 0 Å². The molecule has 0 aliphatic carbocycles. The van der Waals surface area contributed by atoms with Crippen LogP contribution in [0.15, 0.2) is 6.20 Å². The van der Waals surface area contributed by atoms with Gasteiger partial charge in [0.05, 0.1) is 18.5 Å². The normalized spacial score (nSPS) is 11.8. The van der Waals surface area contributed by atoms with E-state index in [9.17, 15) is 8.42 Å². The third-order valence-electron chi connectivity index (χ3n) is 1.31. The van der Waals surface area contributed by atoms with Crippen LogP contribution >= 0.6 is 0 Å². The minimum atomic E-state index is -3.89. The van der Waals surface area contributed by atoms with Gasteiger partial charge in [-0.1, -0.05) is 0 Å². The minimum Gasteiger partial charge on any atom is -0.381 e. The molecule has 13 heavy (non-hydrogen) atoms. The van der Waals surface area contributed by atoms with Crippen LogP contribution in [0.25, 0.3) is 0 Å². The van der Waals surface area contributed by atoms with Crippen LogP contribution in [-0.4, -0.2) is 33.7 Å². The summed E-state index contributed by atoms with van der Waals surface area (Å²) >= 11 is 0. The van der Waals surface area contributed by atoms with Gasteiger partial charge in [-0.05, 0) is 6.42 Å². The maximum Gasteiger partial charge on any atom is 0.264 e. The lowest BCUT2D eigenvalue weighted by atomic mass is 10.5. The van der Waals surface area contributed by atoms with Gasteiger partial charge < -0.3 is 5.73 Å². The van der Waals surface area contributed by atoms with E-state index in [-0.39, 0.29) is 18.0 Å². The molecule has 0 radical (unpaired) electrons. The van der Waals surface area contributed by atoms with Crippen molar-refractivity contribution in [3.63, 3.8) is 0 Å². The van der Waals surface area contributed by atoms with E-state index >= 15 is 0 Å². The molecule has 1 aromatic rings. The molecule has 0 amide bonds. The highest BCUT2D eigenvalue weighted by Gasteiger charge is 2.04. The Kier molecular flexibility index (Phi) is 2.83. The van der Waals surface area contributed by atoms with Crippen molar-refractivity contribution in [2.45, 2.75) is 13.0 Å². The number of hydrogen-bond donors (Lipinski definition) is 2. The number of rotatable bonds is 4. The first-order valence-corrected chi connectivity index (χ1v) is 5.19. The van der Waals surface area contributed by atoms with Crippen molar-refractivity contribution < 1.29 is 13.0 Å². The summed E-state index contributed by atoms with van der Waals surface area (Å²) in [5.41, 5.74) is 5.27. The summed E-state index contributed by atoms with van der Waals surface area (Å²) in [6.07, 6.45) is 1.63. The molecule has 8 heteroatoms. The lowest BCUT2D eigenvalue weighted by molar-refractivity contribution is 0.470. The summed E-state index contributed by atoms with van der Waals surface area (Å²) in [4.78, 5) is 1.28. The minimum absolute atomic E-state index is 0.257. The number of aromatic nitrogens is 3. The first-order valence-electron chi connectivity index (χ1n) is 3.58. The van der Waals surface area contributed by atoms with Crippen LogP contribution in [0.2, 0.25) is 0 Å². The lowest BCUT2D eigenvalue weighted by Gasteiger charge is -1.97. The highest BCUT2D eigenvalue weighted by molar-refractivity contribution is 7.85. The second kappa shape index (κ2) is 3.71. The molecule has 1 heterocycles. The zero-order chi connectivity index (χ0) is 9.90. The van der Waals surface area contributed by atoms with E-state index in [1.807, 2.05) is 0 Å². The van der Waals surface area contributed by atoms with Gasteiger partial charge in [0.15, 0.2) is 5.82 Å². The van der Waals surface area contributed by atoms with E-state index in [0.29, 0.717) is 6.54 Å². The van der Waals surface area contributed by atoms with Crippen molar-refractivity contribution in [1.82, 2.24) is 15.0 Å². The molecule has 0 aromatic carbocycles. The molecule has 0 fully saturated rings. The summed E-state index contributed by atoms with van der Waals surface area (Å²) in [5, 5.41) is 7.48. The molecule has 7 nitrogen and oxygen atoms in total. The Bertz CT molecular complexity index is 371. The second-order valence-electron chi connectivity index (χ2n) is 2.50. The van der Waals surface area contributed by atoms with Crippen molar-refractivity contribution in [3.05, 3.63) is 6.20 Å². The van der Waals surface area contributed by atoms with Crippen LogP contribution in [-0.2, 0) is 16.7 Å². The van der Waals surface area contributed by atoms with Crippen LogP contribution in [0, 0.1) is 0 Å². The van der Waals surface area contributed by atoms with E-state index in [1.54, 1.807) is 0 Å². The van der Waals surface area contributed by atoms with Crippen LogP contribution in [0.1, 0.15) is 6.42 Å². The Hall–Kier alpha value is -1.15. The summed E-state index contributed by atoms with van der Waals surface area (Å²) in [5.74, 6) is -0.0131. The highest BCUT2D eigenvalue weighted by Crippen LogP contribution is 1.94. The van der Waals surface area contributed by atoms with Crippen molar-refractivity contribution in [2.24, 2.45) is 0 Å². The molecule has 0 unspecified atom stereocenters. The number of aryl methyl sites for hydroxylation is 1. The van der Waals surface area contributed by atoms with Crippen LogP contribution in [0.4, 0.5) is 5.82 Å². The number of hydrogen-bond acceptors (Lipinski definition) is 5. The molecule has 0 bridgehead atoms. The monoisotopic (exact) mass is 206 g/mol. The van der Waals surface area contributed by atoms with E-state index in [4.69, 9.17) is 10.3 Å². The Morgan fingerprint density at radius 1 is 1.62 bits per heavy atom. The Labute approximate surface area is 75.3 Å². The summed E-state index contributed by atoms with van der Waals surface area (Å²) in [7, 11) is -3.89. The van der Waals surface area contributed by atoms with Gasteiger partial charge in [-0.3, -0.25) is 4.55 Å². The number of nitrogen functional groups attached to an aromatic ring is 1. The van der Waals surface area contributed by atoms with Crippen LogP contribution < -0.4 is 5.73 Å². The van der Waals surface area contributed by atoms with Crippen LogP contribution in [0.3, 0.4) is 0 Å². The Morgan fingerprint density at radius 3 is 2.77 bits per heavy atom. The first kappa shape index (κ1) is 9.93. The molecule has 0 spiro atoms. The summed E-state index contributed by atoms with van der Waals surface area (Å²) < 4.78 is 29.0. The average molecular weight is 206 g/mol. The molecule has 0 saturated heterocycles. The van der Waals surface area contributed by atoms with Gasteiger partial charge in [-0.2, -0.15) is 18.3 Å². The second-order valence-corrected chi connectivity index (χ2v) is 4.08. The largest absolute Gasteiger partial charge is 0.381 e. The molecule has 3 N–H and O–H groups in total. The Morgan fingerprint density at radius 2 is 2.31 bits per heavy atom. The van der Waals surface area contributed by atoms with Gasteiger partial charge in [0, 0.05) is 0 Å². The fraction of sp³-hybridized carbons (Fsp3) is 0.600. The maximum atomic E-state index is 10.3. The molecular formula is C5H10N4O3S. The quantitative estimate of drug-likeness (QED) is 0.620. The molecule has 0 aliphatic heterocycles. The van der Waals surface area contributed by atoms with Gasteiger partial charge in [0.25, 0.3) is 10.1 Å². The summed E-state index contributed by atoms with van der Waals surface area (Å²) in [6.45, 7) is 0.316. The maximum absolute atomic E-state index is 10.3. The first-order chi connectivity index (χ1) is 5.97. The molecule has 1 aromatic heterocycles. The molecule has 0 saturated carbocycles. The SMILES string of the molecule is Nc1cnn(CCCS(=O)(=O)O)n1. The standard InChI is InChI=1S/C5H10N4O3S/c6-5-4-7-9(8-5)2-1-3-13(10,11)12/h4H,1-3H2,(H2,6,8)(H,10,11,12). The Balaban J connectivity index is 2.36. The van der Waals surface area contributed by atoms with E-state index < -0.39 is 10.1 Å². The topological polar surface area (TPSA) is 111 Å². The smallest absolute Gasteiger partial charge is 0.264 e. The zero-order valence-corrected chi connectivity index (χ0v) is 7.61. The molecule has 1 rings (SSSR count). The average Bonchev–Trinajstić information content (AvgIpc) is 2.33. The molecular weight excluding hydrogens is 196 g/mol. The van der Waals surface area contributed by atoms with E-state index in [2.05, 4.69) is 10.2 Å². The predicted octanol–water partition coefficient (Wildman–Crippen LogP) is -0.862. The molecule has 0 atom stereocenters. The molecule has 0 aliphatic rings. The van der Waals surface area contributed by atoms with Crippen molar-refractivity contribution in [3.8, 4) is 0 Å². The third kappa shape index (κ3) is 3.85. The van der Waals surface area contributed by atoms with Gasteiger partial charge in [0.1, 0.15) is 0 Å². The third-order valence-corrected chi connectivity index (χ3v) is 2.12. The highest BCUT2D eigenvalue weighted by atomic mass is 32.2. The number of nitrogens with zero attached hydrogens (tertiary/aromatic N) is 3. The van der Waals surface area contributed by atoms with Gasteiger partial charge in [-0.15, -0.1) is 5.10 Å². The number of anilines is 1. The van der Waals surface area contributed by atoms with Crippen molar-refractivity contribution >= 4 is 15.9 Å². The number of nitrogens with two attached hydrogens (primary N) is 1. The lowest BCUT2D eigenvalue weighted by Crippen LogP contribution is -2.09. The molecule has 74 valence electrons. The van der Waals surface area contributed by atoms with Gasteiger partial charge >= 0.3 is 0 Å². The van der Waals surface area contributed by atoms with E-state index in [0.717, 1.165) is 0 Å².